The second kappa shape index (κ2) is 9.64. The molecule has 1 N–H and O–H groups in total. The molecule has 0 saturated carbocycles. The fourth-order valence-corrected chi connectivity index (χ4v) is 3.35. The number of rotatable bonds is 5. The summed E-state index contributed by atoms with van der Waals surface area (Å²) in [6.45, 7) is 10.1. The summed E-state index contributed by atoms with van der Waals surface area (Å²) in [7, 11) is -3.13. The number of hydrogen-bond donors (Lipinski definition) is 1. The van der Waals surface area contributed by atoms with Gasteiger partial charge >= 0.3 is 0 Å². The molecule has 4 nitrogen and oxygen atoms in total. The third-order valence-electron chi connectivity index (χ3n) is 3.83. The number of piperazine rings is 1. The molecule has 2 rings (SSSR count). The van der Waals surface area contributed by atoms with Crippen LogP contribution in [0.25, 0.3) is 0 Å². The molecule has 1 aliphatic heterocycles. The topological polar surface area (TPSA) is 49.4 Å². The first kappa shape index (κ1) is 22.4. The Hall–Kier alpha value is -0.590. The highest BCUT2D eigenvalue weighted by Crippen LogP contribution is 2.28. The van der Waals surface area contributed by atoms with Gasteiger partial charge in [0.1, 0.15) is 0 Å². The summed E-state index contributed by atoms with van der Waals surface area (Å²) in [5.41, 5.74) is 2.30. The van der Waals surface area contributed by atoms with Crippen LogP contribution in [0.2, 0.25) is 0 Å². The van der Waals surface area contributed by atoms with Gasteiger partial charge in [0, 0.05) is 38.5 Å². The summed E-state index contributed by atoms with van der Waals surface area (Å²) in [6, 6.07) is 7.56. The van der Waals surface area contributed by atoms with Gasteiger partial charge in [-0.3, -0.25) is 4.90 Å². The molecule has 1 saturated heterocycles. The second-order valence-electron chi connectivity index (χ2n) is 5.80. The van der Waals surface area contributed by atoms with Crippen molar-refractivity contribution in [2.24, 2.45) is 0 Å². The van der Waals surface area contributed by atoms with Crippen molar-refractivity contribution in [3.63, 3.8) is 0 Å². The van der Waals surface area contributed by atoms with Gasteiger partial charge in [-0.2, -0.15) is 0 Å². The van der Waals surface area contributed by atoms with Gasteiger partial charge in [-0.25, -0.2) is 8.42 Å². The van der Waals surface area contributed by atoms with Crippen LogP contribution in [-0.2, 0) is 9.84 Å². The molecule has 0 bridgehead atoms. The van der Waals surface area contributed by atoms with Crippen molar-refractivity contribution in [1.82, 2.24) is 10.2 Å². The molecule has 0 unspecified atom stereocenters. The highest BCUT2D eigenvalue weighted by Gasteiger charge is 2.22. The number of sulfone groups is 1. The van der Waals surface area contributed by atoms with Crippen LogP contribution in [0.5, 0.6) is 0 Å². The number of nitrogens with one attached hydrogen (secondary N) is 1. The Morgan fingerprint density at radius 3 is 2.17 bits per heavy atom. The second-order valence-corrected chi connectivity index (χ2v) is 7.82. The number of hydrogen-bond acceptors (Lipinski definition) is 4. The maximum Gasteiger partial charge on any atom is 0.175 e. The largest absolute Gasteiger partial charge is 0.314 e. The van der Waals surface area contributed by atoms with Crippen LogP contribution in [0, 0.1) is 0 Å². The Kier molecular flexibility index (Phi) is 9.40. The Morgan fingerprint density at radius 2 is 1.74 bits per heavy atom. The van der Waals surface area contributed by atoms with Crippen molar-refractivity contribution in [3.05, 3.63) is 42.0 Å². The summed E-state index contributed by atoms with van der Waals surface area (Å²) in [4.78, 5) is 2.82. The van der Waals surface area contributed by atoms with Crippen LogP contribution in [0.1, 0.15) is 24.9 Å². The minimum Gasteiger partial charge on any atom is -0.314 e. The van der Waals surface area contributed by atoms with Gasteiger partial charge in [-0.15, -0.1) is 31.4 Å². The standard InChI is InChI=1S/C16H24N2O2S.2ClH/c1-13(2)12-16(18-10-8-17-9-11-18)14-4-6-15(7-5-14)21(3,19)20;;/h4-7,16-17H,1,8-12H2,2-3H3;2*1H/t16-;;/m1../s1. The zero-order valence-corrected chi connectivity index (χ0v) is 16.1. The van der Waals surface area contributed by atoms with E-state index in [-0.39, 0.29) is 30.9 Å². The molecule has 1 heterocycles. The van der Waals surface area contributed by atoms with E-state index in [2.05, 4.69) is 16.8 Å². The van der Waals surface area contributed by atoms with Crippen molar-refractivity contribution in [1.29, 1.82) is 0 Å². The van der Waals surface area contributed by atoms with Crippen LogP contribution in [0.3, 0.4) is 0 Å². The van der Waals surface area contributed by atoms with Crippen molar-refractivity contribution in [2.45, 2.75) is 24.3 Å². The summed E-state index contributed by atoms with van der Waals surface area (Å²) >= 11 is 0. The lowest BCUT2D eigenvalue weighted by atomic mass is 9.98. The predicted molar refractivity (Wildman–Crippen MR) is 101 cm³/mol. The molecule has 1 aliphatic rings. The van der Waals surface area contributed by atoms with Gasteiger partial charge in [-0.1, -0.05) is 17.7 Å². The molecule has 0 amide bonds. The van der Waals surface area contributed by atoms with Crippen LogP contribution >= 0.6 is 24.8 Å². The van der Waals surface area contributed by atoms with E-state index in [9.17, 15) is 8.42 Å². The minimum atomic E-state index is -3.13. The van der Waals surface area contributed by atoms with Crippen molar-refractivity contribution in [3.8, 4) is 0 Å². The number of halogens is 2. The first-order valence-corrected chi connectivity index (χ1v) is 9.16. The van der Waals surface area contributed by atoms with Crippen LogP contribution in [0.15, 0.2) is 41.3 Å². The molecular weight excluding hydrogens is 355 g/mol. The maximum absolute atomic E-state index is 11.6. The molecule has 1 aromatic carbocycles. The van der Waals surface area contributed by atoms with E-state index in [1.54, 1.807) is 12.1 Å². The molecule has 0 spiro atoms. The SMILES string of the molecule is C=C(C)C[C@H](c1ccc(S(C)(=O)=O)cc1)N1CCNCC1.Cl.Cl. The summed E-state index contributed by atoms with van der Waals surface area (Å²) < 4.78 is 23.1. The molecule has 7 heteroatoms. The zero-order valence-electron chi connectivity index (χ0n) is 13.6. The van der Waals surface area contributed by atoms with E-state index < -0.39 is 9.84 Å². The van der Waals surface area contributed by atoms with Gasteiger partial charge in [0.15, 0.2) is 9.84 Å². The average molecular weight is 381 g/mol. The fraction of sp³-hybridized carbons (Fsp3) is 0.500. The minimum absolute atomic E-state index is 0. The molecule has 0 radical (unpaired) electrons. The van der Waals surface area contributed by atoms with Gasteiger partial charge in [0.2, 0.25) is 0 Å². The smallest absolute Gasteiger partial charge is 0.175 e. The predicted octanol–water partition coefficient (Wildman–Crippen LogP) is 2.85. The monoisotopic (exact) mass is 380 g/mol. The van der Waals surface area contributed by atoms with Gasteiger partial charge in [-0.05, 0) is 31.0 Å². The van der Waals surface area contributed by atoms with E-state index in [4.69, 9.17) is 0 Å². The molecule has 132 valence electrons. The first-order valence-electron chi connectivity index (χ1n) is 7.27. The van der Waals surface area contributed by atoms with E-state index in [1.165, 1.54) is 6.26 Å². The lowest BCUT2D eigenvalue weighted by molar-refractivity contribution is 0.172. The van der Waals surface area contributed by atoms with Gasteiger partial charge in [0.05, 0.1) is 4.90 Å². The number of benzene rings is 1. The van der Waals surface area contributed by atoms with E-state index in [0.29, 0.717) is 4.90 Å². The van der Waals surface area contributed by atoms with E-state index in [0.717, 1.165) is 43.7 Å². The molecular formula is C16H26Cl2N2O2S. The Balaban J connectivity index is 0.00000242. The molecule has 1 atom stereocenters. The normalized spacial score (nSPS) is 16.8. The van der Waals surface area contributed by atoms with Gasteiger partial charge in [0.25, 0.3) is 0 Å². The molecule has 1 aromatic rings. The zero-order chi connectivity index (χ0) is 15.5. The summed E-state index contributed by atoms with van der Waals surface area (Å²) in [5, 5.41) is 3.36. The van der Waals surface area contributed by atoms with Crippen molar-refractivity contribution >= 4 is 34.7 Å². The lowest BCUT2D eigenvalue weighted by Gasteiger charge is -2.35. The van der Waals surface area contributed by atoms with Crippen LogP contribution in [0.4, 0.5) is 0 Å². The third kappa shape index (κ3) is 6.43. The quantitative estimate of drug-likeness (QED) is 0.797. The molecule has 1 fully saturated rings. The first-order chi connectivity index (χ1) is 9.88. The van der Waals surface area contributed by atoms with Crippen LogP contribution < -0.4 is 5.32 Å². The maximum atomic E-state index is 11.6. The Morgan fingerprint density at radius 1 is 1.22 bits per heavy atom. The molecule has 0 aromatic heterocycles. The summed E-state index contributed by atoms with van der Waals surface area (Å²) in [6.07, 6.45) is 2.14. The molecule has 23 heavy (non-hydrogen) atoms. The average Bonchev–Trinajstić information content (AvgIpc) is 2.45. The fourth-order valence-electron chi connectivity index (χ4n) is 2.72. The van der Waals surface area contributed by atoms with Crippen LogP contribution in [-0.4, -0.2) is 45.8 Å². The van der Waals surface area contributed by atoms with E-state index >= 15 is 0 Å². The van der Waals surface area contributed by atoms with Crippen molar-refractivity contribution < 1.29 is 8.42 Å². The van der Waals surface area contributed by atoms with Gasteiger partial charge < -0.3 is 5.32 Å². The van der Waals surface area contributed by atoms with E-state index in [1.807, 2.05) is 19.1 Å². The Labute approximate surface area is 152 Å². The highest BCUT2D eigenvalue weighted by atomic mass is 35.5. The number of nitrogens with zero attached hydrogens (tertiary/aromatic N) is 1. The molecule has 0 aliphatic carbocycles. The van der Waals surface area contributed by atoms with Crippen molar-refractivity contribution in [2.75, 3.05) is 32.4 Å². The third-order valence-corrected chi connectivity index (χ3v) is 4.96. The lowest BCUT2D eigenvalue weighted by Crippen LogP contribution is -2.45. The summed E-state index contributed by atoms with van der Waals surface area (Å²) in [5.74, 6) is 0. The Bertz CT molecular complexity index is 597. The highest BCUT2D eigenvalue weighted by molar-refractivity contribution is 7.90.